The van der Waals surface area contributed by atoms with Crippen molar-refractivity contribution in [2.75, 3.05) is 13.2 Å². The third-order valence-corrected chi connectivity index (χ3v) is 2.34. The molecule has 3 nitrogen and oxygen atoms in total. The Morgan fingerprint density at radius 1 is 1.58 bits per heavy atom. The van der Waals surface area contributed by atoms with Gasteiger partial charge in [0.15, 0.2) is 0 Å². The van der Waals surface area contributed by atoms with E-state index in [1.165, 1.54) is 0 Å². The maximum absolute atomic E-state index is 5.97. The average Bonchev–Trinajstić information content (AvgIpc) is 2.77. The third kappa shape index (κ3) is 1.38. The molecule has 3 heteroatoms. The van der Waals surface area contributed by atoms with Crippen molar-refractivity contribution in [3.63, 3.8) is 0 Å². The van der Waals surface area contributed by atoms with Gasteiger partial charge in [0, 0.05) is 12.5 Å². The van der Waals surface area contributed by atoms with E-state index in [1.54, 1.807) is 6.26 Å². The van der Waals surface area contributed by atoms with Crippen LogP contribution in [0.25, 0.3) is 0 Å². The van der Waals surface area contributed by atoms with Crippen LogP contribution in [0, 0.1) is 5.92 Å². The first-order valence-corrected chi connectivity index (χ1v) is 4.24. The van der Waals surface area contributed by atoms with Crippen molar-refractivity contribution in [1.29, 1.82) is 0 Å². The van der Waals surface area contributed by atoms with Gasteiger partial charge >= 0.3 is 0 Å². The quantitative estimate of drug-likeness (QED) is 0.722. The van der Waals surface area contributed by atoms with Crippen molar-refractivity contribution in [3.05, 3.63) is 24.2 Å². The zero-order valence-electron chi connectivity index (χ0n) is 6.90. The molecule has 1 aliphatic rings. The van der Waals surface area contributed by atoms with Gasteiger partial charge in [-0.1, -0.05) is 0 Å². The Hall–Kier alpha value is -0.800. The van der Waals surface area contributed by atoms with Crippen LogP contribution in [0.4, 0.5) is 0 Å². The summed E-state index contributed by atoms with van der Waals surface area (Å²) in [6, 6.07) is 3.79. The van der Waals surface area contributed by atoms with Crippen LogP contribution >= 0.6 is 0 Å². The topological polar surface area (TPSA) is 48.4 Å². The summed E-state index contributed by atoms with van der Waals surface area (Å²) in [5, 5.41) is 0. The molecule has 2 unspecified atom stereocenters. The van der Waals surface area contributed by atoms with Crippen LogP contribution < -0.4 is 5.73 Å². The maximum Gasteiger partial charge on any atom is 0.120 e. The molecule has 1 aromatic rings. The summed E-state index contributed by atoms with van der Waals surface area (Å²) in [5.74, 6) is 1.29. The smallest absolute Gasteiger partial charge is 0.120 e. The molecule has 1 saturated heterocycles. The van der Waals surface area contributed by atoms with E-state index in [0.29, 0.717) is 5.92 Å². The van der Waals surface area contributed by atoms with E-state index in [4.69, 9.17) is 14.9 Å². The van der Waals surface area contributed by atoms with Crippen molar-refractivity contribution in [2.45, 2.75) is 12.5 Å². The molecule has 0 amide bonds. The fraction of sp³-hybridized carbons (Fsp3) is 0.556. The normalized spacial score (nSPS) is 25.9. The molecule has 2 atom stereocenters. The minimum atomic E-state index is 0.00231. The summed E-state index contributed by atoms with van der Waals surface area (Å²) in [7, 11) is 0. The molecule has 2 heterocycles. The molecule has 1 aliphatic heterocycles. The van der Waals surface area contributed by atoms with Gasteiger partial charge in [-0.05, 0) is 18.6 Å². The molecule has 0 spiro atoms. The number of hydrogen-bond acceptors (Lipinski definition) is 3. The summed E-state index contributed by atoms with van der Waals surface area (Å²) in [5.41, 5.74) is 5.97. The van der Waals surface area contributed by atoms with E-state index in [9.17, 15) is 0 Å². The van der Waals surface area contributed by atoms with Gasteiger partial charge in [-0.15, -0.1) is 0 Å². The van der Waals surface area contributed by atoms with Crippen LogP contribution in [0.3, 0.4) is 0 Å². The van der Waals surface area contributed by atoms with E-state index in [1.807, 2.05) is 12.1 Å². The highest BCUT2D eigenvalue weighted by molar-refractivity contribution is 5.05. The van der Waals surface area contributed by atoms with Gasteiger partial charge in [-0.2, -0.15) is 0 Å². The van der Waals surface area contributed by atoms with E-state index in [0.717, 1.165) is 25.4 Å². The molecule has 12 heavy (non-hydrogen) atoms. The molecule has 66 valence electrons. The first-order valence-electron chi connectivity index (χ1n) is 4.24. The van der Waals surface area contributed by atoms with Gasteiger partial charge in [0.05, 0.1) is 18.9 Å². The van der Waals surface area contributed by atoms with Crippen molar-refractivity contribution >= 4 is 0 Å². The first-order chi connectivity index (χ1) is 5.88. The number of rotatable bonds is 2. The zero-order chi connectivity index (χ0) is 8.39. The lowest BCUT2D eigenvalue weighted by molar-refractivity contribution is 0.178. The lowest BCUT2D eigenvalue weighted by atomic mass is 9.98. The monoisotopic (exact) mass is 167 g/mol. The molecule has 2 N–H and O–H groups in total. The van der Waals surface area contributed by atoms with E-state index >= 15 is 0 Å². The van der Waals surface area contributed by atoms with Crippen LogP contribution in [0.15, 0.2) is 22.8 Å². The van der Waals surface area contributed by atoms with Crippen LogP contribution in [0.2, 0.25) is 0 Å². The Kier molecular flexibility index (Phi) is 2.15. The molecular formula is C9H13NO2. The van der Waals surface area contributed by atoms with Crippen molar-refractivity contribution < 1.29 is 9.15 Å². The van der Waals surface area contributed by atoms with Crippen molar-refractivity contribution in [3.8, 4) is 0 Å². The van der Waals surface area contributed by atoms with E-state index in [2.05, 4.69) is 0 Å². The van der Waals surface area contributed by atoms with Gasteiger partial charge < -0.3 is 14.9 Å². The molecule has 0 radical (unpaired) electrons. The predicted octanol–water partition coefficient (Wildman–Crippen LogP) is 1.32. The molecule has 0 saturated carbocycles. The van der Waals surface area contributed by atoms with E-state index < -0.39 is 0 Å². The molecular weight excluding hydrogens is 154 g/mol. The van der Waals surface area contributed by atoms with Crippen LogP contribution in [0.5, 0.6) is 0 Å². The van der Waals surface area contributed by atoms with Crippen LogP contribution in [-0.4, -0.2) is 13.2 Å². The fourth-order valence-corrected chi connectivity index (χ4v) is 1.55. The molecule has 1 aromatic heterocycles. The van der Waals surface area contributed by atoms with Crippen LogP contribution in [0.1, 0.15) is 18.2 Å². The van der Waals surface area contributed by atoms with E-state index in [-0.39, 0.29) is 6.04 Å². The minimum Gasteiger partial charge on any atom is -0.468 e. The van der Waals surface area contributed by atoms with Gasteiger partial charge in [0.1, 0.15) is 5.76 Å². The van der Waals surface area contributed by atoms with Crippen LogP contribution in [-0.2, 0) is 4.74 Å². The van der Waals surface area contributed by atoms with Gasteiger partial charge in [-0.25, -0.2) is 0 Å². The summed E-state index contributed by atoms with van der Waals surface area (Å²) in [6.45, 7) is 1.60. The third-order valence-electron chi connectivity index (χ3n) is 2.34. The second-order valence-corrected chi connectivity index (χ2v) is 3.16. The van der Waals surface area contributed by atoms with Crippen molar-refractivity contribution in [2.24, 2.45) is 11.7 Å². The fourth-order valence-electron chi connectivity index (χ4n) is 1.55. The summed E-state index contributed by atoms with van der Waals surface area (Å²) in [6.07, 6.45) is 2.70. The lowest BCUT2D eigenvalue weighted by Crippen LogP contribution is -2.20. The highest BCUT2D eigenvalue weighted by Gasteiger charge is 2.25. The molecule has 2 rings (SSSR count). The number of ether oxygens (including phenoxy) is 1. The van der Waals surface area contributed by atoms with Gasteiger partial charge in [0.2, 0.25) is 0 Å². The summed E-state index contributed by atoms with van der Waals surface area (Å²) in [4.78, 5) is 0. The Morgan fingerprint density at radius 2 is 2.50 bits per heavy atom. The zero-order valence-corrected chi connectivity index (χ0v) is 6.90. The Bertz CT molecular complexity index is 227. The number of furan rings is 1. The van der Waals surface area contributed by atoms with Gasteiger partial charge in [-0.3, -0.25) is 0 Å². The highest BCUT2D eigenvalue weighted by atomic mass is 16.5. The highest BCUT2D eigenvalue weighted by Crippen LogP contribution is 2.26. The Morgan fingerprint density at radius 3 is 3.08 bits per heavy atom. The average molecular weight is 167 g/mol. The second-order valence-electron chi connectivity index (χ2n) is 3.16. The lowest BCUT2D eigenvalue weighted by Gasteiger charge is -2.14. The molecule has 1 fully saturated rings. The molecule has 0 bridgehead atoms. The Labute approximate surface area is 71.5 Å². The van der Waals surface area contributed by atoms with Gasteiger partial charge in [0.25, 0.3) is 0 Å². The first kappa shape index (κ1) is 7.83. The maximum atomic E-state index is 5.97. The summed E-state index contributed by atoms with van der Waals surface area (Å²) < 4.78 is 10.5. The second kappa shape index (κ2) is 3.29. The largest absolute Gasteiger partial charge is 0.468 e. The SMILES string of the molecule is NC(c1ccco1)C1CCOC1. The number of nitrogens with two attached hydrogens (primary N) is 1. The molecule has 0 aliphatic carbocycles. The Balaban J connectivity index is 2.04. The predicted molar refractivity (Wildman–Crippen MR) is 44.6 cm³/mol. The summed E-state index contributed by atoms with van der Waals surface area (Å²) >= 11 is 0. The standard InChI is InChI=1S/C9H13NO2/c10-9(7-3-5-11-6-7)8-2-1-4-12-8/h1-2,4,7,9H,3,5-6,10H2. The minimum absolute atomic E-state index is 0.00231. The van der Waals surface area contributed by atoms with Crippen molar-refractivity contribution in [1.82, 2.24) is 0 Å². The molecule has 0 aromatic carbocycles. The number of hydrogen-bond donors (Lipinski definition) is 1.